The number of carboxylic acid groups (broad SMARTS) is 1. The second kappa shape index (κ2) is 8.65. The molecule has 27 heavy (non-hydrogen) atoms. The fourth-order valence-electron chi connectivity index (χ4n) is 2.46. The quantitative estimate of drug-likeness (QED) is 0.537. The largest absolute Gasteiger partial charge is 0.497 e. The summed E-state index contributed by atoms with van der Waals surface area (Å²) in [7, 11) is 2.87. The second-order valence-electron chi connectivity index (χ2n) is 5.58. The lowest BCUT2D eigenvalue weighted by Gasteiger charge is -2.18. The molecule has 1 amide bonds. The van der Waals surface area contributed by atoms with E-state index in [9.17, 15) is 19.7 Å². The van der Waals surface area contributed by atoms with E-state index in [0.29, 0.717) is 17.1 Å². The van der Waals surface area contributed by atoms with Crippen LogP contribution < -0.4 is 14.8 Å². The van der Waals surface area contributed by atoms with E-state index in [1.165, 1.54) is 50.6 Å². The van der Waals surface area contributed by atoms with Gasteiger partial charge in [-0.05, 0) is 17.7 Å². The SMILES string of the molecule is COc1cc(OC)cc(C(=O)NC(CC(=O)O)c2cccc([N+](=O)[O-])c2)c1. The summed E-state index contributed by atoms with van der Waals surface area (Å²) < 4.78 is 10.2. The first-order valence-corrected chi connectivity index (χ1v) is 7.84. The van der Waals surface area contributed by atoms with Crippen LogP contribution in [-0.4, -0.2) is 36.1 Å². The summed E-state index contributed by atoms with van der Waals surface area (Å²) in [6.07, 6.45) is -0.436. The van der Waals surface area contributed by atoms with E-state index in [-0.39, 0.29) is 11.3 Å². The number of non-ortho nitro benzene ring substituents is 1. The van der Waals surface area contributed by atoms with E-state index in [2.05, 4.69) is 5.32 Å². The van der Waals surface area contributed by atoms with Gasteiger partial charge in [0, 0.05) is 23.8 Å². The van der Waals surface area contributed by atoms with Gasteiger partial charge >= 0.3 is 5.97 Å². The van der Waals surface area contributed by atoms with Crippen molar-refractivity contribution >= 4 is 17.6 Å². The molecule has 2 rings (SSSR count). The molecule has 2 aromatic carbocycles. The zero-order valence-electron chi connectivity index (χ0n) is 14.7. The number of rotatable bonds is 8. The van der Waals surface area contributed by atoms with Crippen molar-refractivity contribution in [3.8, 4) is 11.5 Å². The smallest absolute Gasteiger partial charge is 0.305 e. The molecule has 9 nitrogen and oxygen atoms in total. The highest BCUT2D eigenvalue weighted by Crippen LogP contribution is 2.25. The van der Waals surface area contributed by atoms with Crippen LogP contribution >= 0.6 is 0 Å². The van der Waals surface area contributed by atoms with Crippen molar-refractivity contribution < 1.29 is 29.1 Å². The molecule has 1 unspecified atom stereocenters. The van der Waals surface area contributed by atoms with Gasteiger partial charge in [-0.1, -0.05) is 12.1 Å². The summed E-state index contributed by atoms with van der Waals surface area (Å²) in [5.41, 5.74) is 0.321. The van der Waals surface area contributed by atoms with Crippen LogP contribution in [0.15, 0.2) is 42.5 Å². The van der Waals surface area contributed by atoms with Gasteiger partial charge in [0.2, 0.25) is 0 Å². The van der Waals surface area contributed by atoms with Crippen LogP contribution in [-0.2, 0) is 4.79 Å². The normalized spacial score (nSPS) is 11.3. The second-order valence-corrected chi connectivity index (χ2v) is 5.58. The first kappa shape index (κ1) is 19.7. The van der Waals surface area contributed by atoms with Gasteiger partial charge in [0.1, 0.15) is 11.5 Å². The van der Waals surface area contributed by atoms with Crippen LogP contribution in [0.4, 0.5) is 5.69 Å². The summed E-state index contributed by atoms with van der Waals surface area (Å²) in [5, 5.41) is 22.7. The number of carbonyl (C=O) groups excluding carboxylic acids is 1. The van der Waals surface area contributed by atoms with E-state index >= 15 is 0 Å². The molecule has 0 spiro atoms. The lowest BCUT2D eigenvalue weighted by atomic mass is 10.0. The van der Waals surface area contributed by atoms with E-state index < -0.39 is 29.3 Å². The average molecular weight is 374 g/mol. The molecule has 0 fully saturated rings. The highest BCUT2D eigenvalue weighted by molar-refractivity contribution is 5.95. The van der Waals surface area contributed by atoms with Gasteiger partial charge in [0.05, 0.1) is 31.6 Å². The van der Waals surface area contributed by atoms with Crippen LogP contribution in [0.2, 0.25) is 0 Å². The van der Waals surface area contributed by atoms with Crippen molar-refractivity contribution in [2.45, 2.75) is 12.5 Å². The summed E-state index contributed by atoms with van der Waals surface area (Å²) in [4.78, 5) is 34.2. The third-order valence-corrected chi connectivity index (χ3v) is 3.78. The number of carboxylic acids is 1. The summed E-state index contributed by atoms with van der Waals surface area (Å²) in [6.45, 7) is 0. The molecule has 0 aliphatic carbocycles. The molecular weight excluding hydrogens is 356 g/mol. The van der Waals surface area contributed by atoms with Crippen molar-refractivity contribution in [1.29, 1.82) is 0 Å². The Labute approximate surface area is 154 Å². The van der Waals surface area contributed by atoms with Crippen LogP contribution in [0.1, 0.15) is 28.4 Å². The predicted octanol–water partition coefficient (Wildman–Crippen LogP) is 2.56. The number of nitro groups is 1. The Morgan fingerprint density at radius 2 is 1.78 bits per heavy atom. The maximum atomic E-state index is 12.6. The summed E-state index contributed by atoms with van der Waals surface area (Å²) >= 11 is 0. The number of hydrogen-bond acceptors (Lipinski definition) is 6. The van der Waals surface area contributed by atoms with Gasteiger partial charge in [0.25, 0.3) is 11.6 Å². The number of carbonyl (C=O) groups is 2. The maximum Gasteiger partial charge on any atom is 0.305 e. The third kappa shape index (κ3) is 5.18. The summed E-state index contributed by atoms with van der Waals surface area (Å²) in [6, 6.07) is 9.07. The fourth-order valence-corrected chi connectivity index (χ4v) is 2.46. The fraction of sp³-hybridized carbons (Fsp3) is 0.222. The zero-order valence-corrected chi connectivity index (χ0v) is 14.7. The first-order chi connectivity index (χ1) is 12.8. The van der Waals surface area contributed by atoms with Crippen molar-refractivity contribution in [3.05, 3.63) is 63.7 Å². The monoisotopic (exact) mass is 374 g/mol. The number of hydrogen-bond donors (Lipinski definition) is 2. The van der Waals surface area contributed by atoms with Gasteiger partial charge in [-0.2, -0.15) is 0 Å². The van der Waals surface area contributed by atoms with Crippen LogP contribution in [0.3, 0.4) is 0 Å². The van der Waals surface area contributed by atoms with Crippen LogP contribution in [0.5, 0.6) is 11.5 Å². The zero-order chi connectivity index (χ0) is 20.0. The summed E-state index contributed by atoms with van der Waals surface area (Å²) in [5.74, 6) is -0.936. The molecule has 0 saturated heterocycles. The molecule has 0 aliphatic heterocycles. The minimum absolute atomic E-state index is 0.194. The molecule has 0 saturated carbocycles. The average Bonchev–Trinajstić information content (AvgIpc) is 2.66. The number of benzene rings is 2. The number of nitrogens with one attached hydrogen (secondary N) is 1. The molecule has 0 aromatic heterocycles. The van der Waals surface area contributed by atoms with Gasteiger partial charge < -0.3 is 19.9 Å². The molecule has 0 aliphatic rings. The Morgan fingerprint density at radius 1 is 1.15 bits per heavy atom. The molecule has 0 bridgehead atoms. The number of methoxy groups -OCH3 is 2. The van der Waals surface area contributed by atoms with Crippen molar-refractivity contribution in [3.63, 3.8) is 0 Å². The standard InChI is InChI=1S/C18H18N2O7/c1-26-14-7-12(8-15(9-14)27-2)18(23)19-16(10-17(21)22)11-4-3-5-13(6-11)20(24)25/h3-9,16H,10H2,1-2H3,(H,19,23)(H,21,22). The molecule has 2 aromatic rings. The number of nitro benzene ring substituents is 1. The van der Waals surface area contributed by atoms with E-state index in [4.69, 9.17) is 14.6 Å². The Morgan fingerprint density at radius 3 is 2.30 bits per heavy atom. The van der Waals surface area contributed by atoms with Crippen molar-refractivity contribution in [1.82, 2.24) is 5.32 Å². The van der Waals surface area contributed by atoms with E-state index in [1.807, 2.05) is 0 Å². The van der Waals surface area contributed by atoms with Gasteiger partial charge in [-0.25, -0.2) is 0 Å². The minimum Gasteiger partial charge on any atom is -0.497 e. The Balaban J connectivity index is 2.33. The molecular formula is C18H18N2O7. The Kier molecular flexibility index (Phi) is 6.32. The lowest BCUT2D eigenvalue weighted by molar-refractivity contribution is -0.384. The maximum absolute atomic E-state index is 12.6. The topological polar surface area (TPSA) is 128 Å². The number of aliphatic carboxylic acids is 1. The molecule has 142 valence electrons. The molecule has 0 heterocycles. The highest BCUT2D eigenvalue weighted by atomic mass is 16.6. The third-order valence-electron chi connectivity index (χ3n) is 3.78. The minimum atomic E-state index is -1.16. The molecule has 1 atom stereocenters. The van der Waals surface area contributed by atoms with Crippen LogP contribution in [0.25, 0.3) is 0 Å². The predicted molar refractivity (Wildman–Crippen MR) is 95.1 cm³/mol. The Bertz CT molecular complexity index is 844. The molecule has 2 N–H and O–H groups in total. The van der Waals surface area contributed by atoms with Gasteiger partial charge in [0.15, 0.2) is 0 Å². The van der Waals surface area contributed by atoms with Crippen LogP contribution in [0, 0.1) is 10.1 Å². The van der Waals surface area contributed by atoms with E-state index in [0.717, 1.165) is 0 Å². The molecule has 9 heteroatoms. The highest BCUT2D eigenvalue weighted by Gasteiger charge is 2.21. The number of ether oxygens (including phenoxy) is 2. The molecule has 0 radical (unpaired) electrons. The first-order valence-electron chi connectivity index (χ1n) is 7.84. The van der Waals surface area contributed by atoms with Crippen molar-refractivity contribution in [2.75, 3.05) is 14.2 Å². The number of amides is 1. The lowest BCUT2D eigenvalue weighted by Crippen LogP contribution is -2.30. The number of nitrogens with zero attached hydrogens (tertiary/aromatic N) is 1. The Hall–Kier alpha value is -3.62. The van der Waals surface area contributed by atoms with E-state index in [1.54, 1.807) is 6.07 Å². The van der Waals surface area contributed by atoms with Gasteiger partial charge in [-0.3, -0.25) is 19.7 Å². The van der Waals surface area contributed by atoms with Crippen molar-refractivity contribution in [2.24, 2.45) is 0 Å². The van der Waals surface area contributed by atoms with Gasteiger partial charge in [-0.15, -0.1) is 0 Å².